The summed E-state index contributed by atoms with van der Waals surface area (Å²) >= 11 is 0. The van der Waals surface area contributed by atoms with Crippen LogP contribution >= 0.6 is 0 Å². The number of rotatable bonds is 7. The predicted octanol–water partition coefficient (Wildman–Crippen LogP) is 3.03. The molecule has 190 valence electrons. The monoisotopic (exact) mass is 484 g/mol. The lowest BCUT2D eigenvalue weighted by Gasteiger charge is -2.37. The first-order valence-electron chi connectivity index (χ1n) is 11.9. The van der Waals surface area contributed by atoms with Crippen LogP contribution in [-0.2, 0) is 0 Å². The number of amides is 3. The average Bonchev–Trinajstić information content (AvgIpc) is 2.84. The Hall–Kier alpha value is -3.33. The molecule has 3 rings (SSSR count). The number of fused-ring (bicyclic) bond motifs is 1. The molecule has 0 unspecified atom stereocenters. The Labute approximate surface area is 207 Å². The second-order valence-electron chi connectivity index (χ2n) is 9.42. The molecule has 2 aromatic rings. The minimum Gasteiger partial charge on any atom is -0.497 e. The molecule has 3 amide bonds. The molecular formula is C26H36N4O5. The third kappa shape index (κ3) is 6.22. The van der Waals surface area contributed by atoms with Crippen molar-refractivity contribution in [3.05, 3.63) is 42.1 Å². The van der Waals surface area contributed by atoms with Crippen molar-refractivity contribution in [2.24, 2.45) is 5.92 Å². The largest absolute Gasteiger partial charge is 0.497 e. The predicted molar refractivity (Wildman–Crippen MR) is 134 cm³/mol. The zero-order valence-corrected chi connectivity index (χ0v) is 21.3. The van der Waals surface area contributed by atoms with Gasteiger partial charge in [0, 0.05) is 37.3 Å². The molecule has 0 aliphatic carbocycles. The van der Waals surface area contributed by atoms with Crippen molar-refractivity contribution >= 4 is 11.9 Å². The molecule has 35 heavy (non-hydrogen) atoms. The SMILES string of the molecule is COc1cccc(-c2cnc3c(c2)C(=O)N([C@H](C)CO)C[C@H](C)[C@H](CN(C)C(=O)NC(C)C)O3)c1. The highest BCUT2D eigenvalue weighted by Gasteiger charge is 2.34. The van der Waals surface area contributed by atoms with Crippen LogP contribution in [0.5, 0.6) is 11.6 Å². The smallest absolute Gasteiger partial charge is 0.317 e. The van der Waals surface area contributed by atoms with Gasteiger partial charge in [-0.25, -0.2) is 9.78 Å². The van der Waals surface area contributed by atoms with E-state index in [4.69, 9.17) is 9.47 Å². The number of nitrogens with zero attached hydrogens (tertiary/aromatic N) is 3. The Kier molecular flexibility index (Phi) is 8.56. The van der Waals surface area contributed by atoms with E-state index in [0.717, 1.165) is 11.1 Å². The van der Waals surface area contributed by atoms with Crippen molar-refractivity contribution in [3.8, 4) is 22.8 Å². The number of hydrogen-bond acceptors (Lipinski definition) is 6. The molecule has 0 saturated heterocycles. The lowest BCUT2D eigenvalue weighted by atomic mass is 9.99. The van der Waals surface area contributed by atoms with E-state index in [0.29, 0.717) is 24.4 Å². The molecule has 2 heterocycles. The summed E-state index contributed by atoms with van der Waals surface area (Å²) < 4.78 is 11.6. The van der Waals surface area contributed by atoms with Crippen LogP contribution in [0.2, 0.25) is 0 Å². The van der Waals surface area contributed by atoms with Crippen LogP contribution in [0.4, 0.5) is 4.79 Å². The molecule has 0 fully saturated rings. The second kappa shape index (κ2) is 11.4. The Balaban J connectivity index is 2.00. The molecule has 1 aliphatic heterocycles. The maximum Gasteiger partial charge on any atom is 0.317 e. The zero-order chi connectivity index (χ0) is 25.7. The van der Waals surface area contributed by atoms with Gasteiger partial charge >= 0.3 is 6.03 Å². The van der Waals surface area contributed by atoms with E-state index in [2.05, 4.69) is 10.3 Å². The Morgan fingerprint density at radius 1 is 1.31 bits per heavy atom. The number of likely N-dealkylation sites (N-methyl/N-ethyl adjacent to an activating group) is 1. The van der Waals surface area contributed by atoms with Crippen molar-refractivity contribution in [3.63, 3.8) is 0 Å². The summed E-state index contributed by atoms with van der Waals surface area (Å²) in [5.41, 5.74) is 1.91. The van der Waals surface area contributed by atoms with E-state index < -0.39 is 6.10 Å². The van der Waals surface area contributed by atoms with E-state index >= 15 is 0 Å². The summed E-state index contributed by atoms with van der Waals surface area (Å²) in [5.74, 6) is 0.542. The summed E-state index contributed by atoms with van der Waals surface area (Å²) in [6.07, 6.45) is 1.26. The molecule has 1 aliphatic rings. The number of carbonyl (C=O) groups excluding carboxylic acids is 2. The zero-order valence-electron chi connectivity index (χ0n) is 21.3. The van der Waals surface area contributed by atoms with Gasteiger partial charge in [-0.2, -0.15) is 0 Å². The van der Waals surface area contributed by atoms with Gasteiger partial charge in [0.15, 0.2) is 0 Å². The fourth-order valence-electron chi connectivity index (χ4n) is 3.99. The number of ether oxygens (including phenoxy) is 2. The van der Waals surface area contributed by atoms with Gasteiger partial charge in [0.25, 0.3) is 5.91 Å². The average molecular weight is 485 g/mol. The number of hydrogen-bond donors (Lipinski definition) is 2. The number of carbonyl (C=O) groups is 2. The maximum absolute atomic E-state index is 13.6. The van der Waals surface area contributed by atoms with Gasteiger partial charge in [0.05, 0.1) is 26.3 Å². The van der Waals surface area contributed by atoms with Crippen LogP contribution in [0.25, 0.3) is 11.1 Å². The molecule has 9 nitrogen and oxygen atoms in total. The van der Waals surface area contributed by atoms with Gasteiger partial charge in [-0.3, -0.25) is 4.79 Å². The van der Waals surface area contributed by atoms with Crippen molar-refractivity contribution < 1.29 is 24.2 Å². The minimum absolute atomic E-state index is 0.0107. The van der Waals surface area contributed by atoms with Crippen LogP contribution in [0.15, 0.2) is 36.5 Å². The number of pyridine rings is 1. The topological polar surface area (TPSA) is 104 Å². The molecule has 0 radical (unpaired) electrons. The van der Waals surface area contributed by atoms with Gasteiger partial charge in [0.2, 0.25) is 5.88 Å². The van der Waals surface area contributed by atoms with Crippen LogP contribution in [0, 0.1) is 5.92 Å². The number of urea groups is 1. The highest BCUT2D eigenvalue weighted by molar-refractivity contribution is 5.98. The number of aliphatic hydroxyl groups is 1. The lowest BCUT2D eigenvalue weighted by molar-refractivity contribution is 0.0352. The lowest BCUT2D eigenvalue weighted by Crippen LogP contribution is -2.51. The first-order valence-corrected chi connectivity index (χ1v) is 11.9. The van der Waals surface area contributed by atoms with Crippen molar-refractivity contribution in [1.29, 1.82) is 0 Å². The minimum atomic E-state index is -0.409. The third-order valence-corrected chi connectivity index (χ3v) is 6.14. The molecule has 1 aromatic heterocycles. The highest BCUT2D eigenvalue weighted by Crippen LogP contribution is 2.31. The summed E-state index contributed by atoms with van der Waals surface area (Å²) in [5, 5.41) is 12.7. The van der Waals surface area contributed by atoms with Gasteiger partial charge in [0.1, 0.15) is 17.4 Å². The van der Waals surface area contributed by atoms with Crippen LogP contribution in [0.3, 0.4) is 0 Å². The number of nitrogens with one attached hydrogen (secondary N) is 1. The molecule has 0 saturated carbocycles. The van der Waals surface area contributed by atoms with Crippen molar-refractivity contribution in [2.75, 3.05) is 33.9 Å². The highest BCUT2D eigenvalue weighted by atomic mass is 16.5. The van der Waals surface area contributed by atoms with E-state index in [9.17, 15) is 14.7 Å². The van der Waals surface area contributed by atoms with Crippen LogP contribution < -0.4 is 14.8 Å². The van der Waals surface area contributed by atoms with E-state index in [1.165, 1.54) is 0 Å². The van der Waals surface area contributed by atoms with Crippen LogP contribution in [0.1, 0.15) is 38.1 Å². The molecule has 3 atom stereocenters. The van der Waals surface area contributed by atoms with Gasteiger partial charge in [-0.1, -0.05) is 19.1 Å². The van der Waals surface area contributed by atoms with Crippen molar-refractivity contribution in [1.82, 2.24) is 20.1 Å². The van der Waals surface area contributed by atoms with Gasteiger partial charge in [-0.05, 0) is 44.5 Å². The summed E-state index contributed by atoms with van der Waals surface area (Å²) in [6.45, 7) is 8.10. The quantitative estimate of drug-likeness (QED) is 0.626. The normalized spacial score (nSPS) is 18.7. The second-order valence-corrected chi connectivity index (χ2v) is 9.42. The standard InChI is InChI=1S/C26H36N4O5/c1-16(2)28-26(33)29(5)14-23-17(3)13-30(18(4)15-31)25(32)22-11-20(12-27-24(22)35-23)19-8-7-9-21(10-19)34-6/h7-12,16-18,23,31H,13-15H2,1-6H3,(H,28,33)/t17-,18+,23-/m0/s1. The van der Waals surface area contributed by atoms with Gasteiger partial charge in [-0.15, -0.1) is 0 Å². The fraction of sp³-hybridized carbons (Fsp3) is 0.500. The maximum atomic E-state index is 13.6. The van der Waals surface area contributed by atoms with E-state index in [1.807, 2.05) is 52.0 Å². The molecule has 1 aromatic carbocycles. The molecular weight excluding hydrogens is 448 g/mol. The Morgan fingerprint density at radius 3 is 2.71 bits per heavy atom. The molecule has 0 bridgehead atoms. The van der Waals surface area contributed by atoms with Crippen LogP contribution in [-0.4, -0.2) is 83.9 Å². The fourth-order valence-corrected chi connectivity index (χ4v) is 3.99. The van der Waals surface area contributed by atoms with Crippen molar-refractivity contribution in [2.45, 2.75) is 45.9 Å². The first-order chi connectivity index (χ1) is 16.6. The molecule has 9 heteroatoms. The Bertz CT molecular complexity index is 1040. The number of benzene rings is 1. The summed E-state index contributed by atoms with van der Waals surface area (Å²) in [4.78, 5) is 33.8. The summed E-state index contributed by atoms with van der Waals surface area (Å²) in [7, 11) is 3.31. The van der Waals surface area contributed by atoms with Gasteiger partial charge < -0.3 is 29.7 Å². The van der Waals surface area contributed by atoms with E-state index in [1.54, 1.807) is 36.2 Å². The number of aromatic nitrogens is 1. The number of methoxy groups -OCH3 is 1. The molecule has 2 N–H and O–H groups in total. The Morgan fingerprint density at radius 2 is 2.06 bits per heavy atom. The third-order valence-electron chi connectivity index (χ3n) is 6.14. The van der Waals surface area contributed by atoms with E-state index in [-0.39, 0.29) is 42.4 Å². The number of aliphatic hydroxyl groups excluding tert-OH is 1. The first kappa shape index (κ1) is 26.3. The summed E-state index contributed by atoms with van der Waals surface area (Å²) in [6, 6.07) is 8.70. The molecule has 0 spiro atoms.